The molecule has 0 radical (unpaired) electrons. The summed E-state index contributed by atoms with van der Waals surface area (Å²) in [4.78, 5) is 29.0. The van der Waals surface area contributed by atoms with E-state index in [0.717, 1.165) is 42.5 Å². The quantitative estimate of drug-likeness (QED) is 0.574. The van der Waals surface area contributed by atoms with Crippen molar-refractivity contribution >= 4 is 28.3 Å². The van der Waals surface area contributed by atoms with Crippen molar-refractivity contribution in [3.8, 4) is 11.3 Å². The van der Waals surface area contributed by atoms with E-state index in [-0.39, 0.29) is 23.9 Å². The Kier molecular flexibility index (Phi) is 5.67. The van der Waals surface area contributed by atoms with Crippen LogP contribution in [0.1, 0.15) is 48.7 Å². The van der Waals surface area contributed by atoms with Gasteiger partial charge >= 0.3 is 0 Å². The van der Waals surface area contributed by atoms with E-state index in [0.29, 0.717) is 10.8 Å². The summed E-state index contributed by atoms with van der Waals surface area (Å²) in [6.07, 6.45) is 6.22. The number of hydrogen-bond acceptors (Lipinski definition) is 5. The molecule has 1 aromatic carbocycles. The number of hydrogen-bond donors (Lipinski definition) is 2. The average molecular weight is 424 g/mol. The number of aromatic nitrogens is 3. The minimum absolute atomic E-state index is 0.0878. The second-order valence-corrected chi connectivity index (χ2v) is 8.62. The lowest BCUT2D eigenvalue weighted by Crippen LogP contribution is -2.33. The topological polar surface area (TPSA) is 88.9 Å². The molecular weight excluding hydrogens is 398 g/mol. The summed E-state index contributed by atoms with van der Waals surface area (Å²) in [7, 11) is 0. The number of carbonyl (C=O) groups excluding carboxylic acids is 2. The van der Waals surface area contributed by atoms with E-state index >= 15 is 0 Å². The number of aryl methyl sites for hydroxylation is 1. The van der Waals surface area contributed by atoms with Crippen LogP contribution in [0.5, 0.6) is 0 Å². The normalized spacial score (nSPS) is 14.3. The molecule has 0 spiro atoms. The van der Waals surface area contributed by atoms with Crippen LogP contribution in [-0.2, 0) is 10.3 Å². The third-order valence-electron chi connectivity index (χ3n) is 5.32. The highest BCUT2D eigenvalue weighted by atomic mass is 32.1. The van der Waals surface area contributed by atoms with Crippen molar-refractivity contribution in [3.63, 3.8) is 0 Å². The van der Waals surface area contributed by atoms with Gasteiger partial charge in [0.15, 0.2) is 5.13 Å². The monoisotopic (exact) mass is 423 g/mol. The number of thiazole rings is 1. The minimum atomic E-state index is -0.351. The van der Waals surface area contributed by atoms with Gasteiger partial charge in [0.25, 0.3) is 5.91 Å². The molecule has 3 aromatic rings. The first-order chi connectivity index (χ1) is 14.5. The fraction of sp³-hybridized carbons (Fsp3) is 0.364. The largest absolute Gasteiger partial charge is 0.342 e. The molecular formula is C22H25N5O2S. The Bertz CT molecular complexity index is 1070. The molecule has 0 aliphatic heterocycles. The highest BCUT2D eigenvalue weighted by molar-refractivity contribution is 7.14. The number of anilines is 1. The molecule has 0 unspecified atom stereocenters. The molecule has 8 heteroatoms. The average Bonchev–Trinajstić information content (AvgIpc) is 3.15. The smallest absolute Gasteiger partial charge is 0.272 e. The lowest BCUT2D eigenvalue weighted by molar-refractivity contribution is -0.115. The van der Waals surface area contributed by atoms with E-state index in [1.165, 1.54) is 11.3 Å². The van der Waals surface area contributed by atoms with Crippen LogP contribution in [0, 0.1) is 6.92 Å². The van der Waals surface area contributed by atoms with Gasteiger partial charge in [0.05, 0.1) is 17.8 Å². The van der Waals surface area contributed by atoms with Crippen LogP contribution >= 0.6 is 11.3 Å². The molecule has 1 aliphatic rings. The summed E-state index contributed by atoms with van der Waals surface area (Å²) < 4.78 is 1.91. The van der Waals surface area contributed by atoms with Crippen molar-refractivity contribution in [1.82, 2.24) is 20.1 Å². The van der Waals surface area contributed by atoms with Crippen molar-refractivity contribution in [2.75, 3.05) is 11.9 Å². The molecule has 2 heterocycles. The first-order valence-electron chi connectivity index (χ1n) is 10.2. The molecule has 7 nitrogen and oxygen atoms in total. The first-order valence-corrected chi connectivity index (χ1v) is 11.0. The number of carbonyl (C=O) groups is 2. The van der Waals surface area contributed by atoms with Crippen LogP contribution in [0.15, 0.2) is 41.9 Å². The number of nitrogens with zero attached hydrogens (tertiary/aromatic N) is 3. The van der Waals surface area contributed by atoms with Crippen molar-refractivity contribution in [3.05, 3.63) is 53.2 Å². The maximum Gasteiger partial charge on any atom is 0.272 e. The highest BCUT2D eigenvalue weighted by Gasteiger charge is 2.44. The van der Waals surface area contributed by atoms with Crippen LogP contribution in [0.3, 0.4) is 0 Å². The zero-order valence-corrected chi connectivity index (χ0v) is 18.0. The van der Waals surface area contributed by atoms with Crippen molar-refractivity contribution < 1.29 is 9.59 Å². The van der Waals surface area contributed by atoms with E-state index in [4.69, 9.17) is 0 Å². The third kappa shape index (κ3) is 4.43. The highest BCUT2D eigenvalue weighted by Crippen LogP contribution is 2.46. The van der Waals surface area contributed by atoms with Crippen LogP contribution in [-0.4, -0.2) is 33.1 Å². The van der Waals surface area contributed by atoms with Gasteiger partial charge in [0.2, 0.25) is 5.91 Å². The van der Waals surface area contributed by atoms with Crippen molar-refractivity contribution in [2.45, 2.75) is 45.1 Å². The second-order valence-electron chi connectivity index (χ2n) is 7.76. The Balaban J connectivity index is 1.30. The summed E-state index contributed by atoms with van der Waals surface area (Å²) in [5.41, 5.74) is 3.39. The maximum atomic E-state index is 12.4. The fourth-order valence-electron chi connectivity index (χ4n) is 3.60. The van der Waals surface area contributed by atoms with Crippen LogP contribution in [0.25, 0.3) is 11.3 Å². The summed E-state index contributed by atoms with van der Waals surface area (Å²) in [5.74, 6) is -0.673. The van der Waals surface area contributed by atoms with Gasteiger partial charge in [0.1, 0.15) is 5.69 Å². The molecule has 0 atom stereocenters. The predicted octanol–water partition coefficient (Wildman–Crippen LogP) is 3.97. The Morgan fingerprint density at radius 3 is 2.83 bits per heavy atom. The molecule has 1 fully saturated rings. The Morgan fingerprint density at radius 1 is 1.27 bits per heavy atom. The van der Waals surface area contributed by atoms with Gasteiger partial charge in [-0.05, 0) is 38.3 Å². The van der Waals surface area contributed by atoms with Crippen LogP contribution in [0.4, 0.5) is 5.13 Å². The molecule has 1 aliphatic carbocycles. The zero-order chi connectivity index (χ0) is 21.1. The van der Waals surface area contributed by atoms with Gasteiger partial charge in [-0.15, -0.1) is 11.3 Å². The maximum absolute atomic E-state index is 12.4. The van der Waals surface area contributed by atoms with Gasteiger partial charge < -0.3 is 10.6 Å². The van der Waals surface area contributed by atoms with Crippen LogP contribution in [0.2, 0.25) is 0 Å². The SMILES string of the molecule is CCCC1(n2ccc(C(=O)NCC(=O)Nc3nc(-c4cccc(C)c4)cs3)n2)CC1. The van der Waals surface area contributed by atoms with Gasteiger partial charge in [-0.25, -0.2) is 4.98 Å². The molecule has 4 rings (SSSR count). The minimum Gasteiger partial charge on any atom is -0.342 e. The molecule has 0 saturated heterocycles. The number of benzene rings is 1. The Hall–Kier alpha value is -3.00. The van der Waals surface area contributed by atoms with Crippen molar-refractivity contribution in [1.29, 1.82) is 0 Å². The number of amides is 2. The first kappa shape index (κ1) is 20.3. The molecule has 30 heavy (non-hydrogen) atoms. The summed E-state index contributed by atoms with van der Waals surface area (Å²) in [6, 6.07) is 9.74. The van der Waals surface area contributed by atoms with E-state index in [1.54, 1.807) is 6.07 Å². The van der Waals surface area contributed by atoms with E-state index in [9.17, 15) is 9.59 Å². The second kappa shape index (κ2) is 8.39. The Morgan fingerprint density at radius 2 is 2.10 bits per heavy atom. The molecule has 156 valence electrons. The molecule has 0 bridgehead atoms. The van der Waals surface area contributed by atoms with Gasteiger partial charge in [0, 0.05) is 17.1 Å². The van der Waals surface area contributed by atoms with Crippen molar-refractivity contribution in [2.24, 2.45) is 0 Å². The van der Waals surface area contributed by atoms with Gasteiger partial charge in [-0.3, -0.25) is 14.3 Å². The third-order valence-corrected chi connectivity index (χ3v) is 6.08. The molecule has 2 aromatic heterocycles. The van der Waals surface area contributed by atoms with E-state index in [2.05, 4.69) is 27.6 Å². The Labute approximate surface area is 179 Å². The van der Waals surface area contributed by atoms with E-state index in [1.807, 2.05) is 47.4 Å². The van der Waals surface area contributed by atoms with Gasteiger partial charge in [-0.1, -0.05) is 37.1 Å². The lowest BCUT2D eigenvalue weighted by Gasteiger charge is -2.14. The molecule has 1 saturated carbocycles. The standard InChI is InChI=1S/C22H25N5O2S/c1-3-8-22(9-10-22)27-11-7-17(26-27)20(29)23-13-19(28)25-21-24-18(14-30-21)16-6-4-5-15(2)12-16/h4-7,11-12,14H,3,8-10,13H2,1-2H3,(H,23,29)(H,24,25,28). The van der Waals surface area contributed by atoms with E-state index < -0.39 is 0 Å². The predicted molar refractivity (Wildman–Crippen MR) is 118 cm³/mol. The van der Waals surface area contributed by atoms with Crippen LogP contribution < -0.4 is 10.6 Å². The number of nitrogens with one attached hydrogen (secondary N) is 2. The summed E-state index contributed by atoms with van der Waals surface area (Å²) >= 11 is 1.36. The zero-order valence-electron chi connectivity index (χ0n) is 17.1. The molecule has 2 N–H and O–H groups in total. The number of rotatable bonds is 8. The summed E-state index contributed by atoms with van der Waals surface area (Å²) in [6.45, 7) is 4.05. The summed E-state index contributed by atoms with van der Waals surface area (Å²) in [5, 5.41) is 12.2. The lowest BCUT2D eigenvalue weighted by atomic mass is 10.1. The fourth-order valence-corrected chi connectivity index (χ4v) is 4.33. The molecule has 2 amide bonds. The van der Waals surface area contributed by atoms with Gasteiger partial charge in [-0.2, -0.15) is 5.10 Å².